The third-order valence-electron chi connectivity index (χ3n) is 4.28. The van der Waals surface area contributed by atoms with Crippen LogP contribution in [0.25, 0.3) is 0 Å². The van der Waals surface area contributed by atoms with Gasteiger partial charge in [-0.2, -0.15) is 5.10 Å². The van der Waals surface area contributed by atoms with E-state index in [-0.39, 0.29) is 22.3 Å². The molecule has 0 aromatic carbocycles. The van der Waals surface area contributed by atoms with Gasteiger partial charge >= 0.3 is 5.69 Å². The van der Waals surface area contributed by atoms with E-state index in [4.69, 9.17) is 4.74 Å². The van der Waals surface area contributed by atoms with E-state index < -0.39 is 0 Å². The van der Waals surface area contributed by atoms with Crippen molar-refractivity contribution in [3.05, 3.63) is 22.0 Å². The van der Waals surface area contributed by atoms with E-state index in [1.807, 2.05) is 0 Å². The summed E-state index contributed by atoms with van der Waals surface area (Å²) in [7, 11) is 3.47. The van der Waals surface area contributed by atoms with Gasteiger partial charge in [-0.1, -0.05) is 0 Å². The average Bonchev–Trinajstić information content (AvgIpc) is 2.80. The SMILES string of the molecule is COC1CN2CCC2(c2c([N+](=O)[O-])cnn2C)C1. The molecule has 0 amide bonds. The molecule has 2 unspecified atom stereocenters. The third kappa shape index (κ3) is 1.34. The van der Waals surface area contributed by atoms with Crippen LogP contribution >= 0.6 is 0 Å². The minimum Gasteiger partial charge on any atom is -0.380 e. The van der Waals surface area contributed by atoms with Crippen LogP contribution in [0.4, 0.5) is 5.69 Å². The molecule has 98 valence electrons. The summed E-state index contributed by atoms with van der Waals surface area (Å²) in [6.07, 6.45) is 3.25. The predicted octanol–water partition coefficient (Wildman–Crippen LogP) is 0.648. The Morgan fingerprint density at radius 1 is 1.67 bits per heavy atom. The van der Waals surface area contributed by atoms with Gasteiger partial charge in [-0.15, -0.1) is 0 Å². The second-order valence-electron chi connectivity index (χ2n) is 5.05. The van der Waals surface area contributed by atoms with Crippen molar-refractivity contribution in [3.63, 3.8) is 0 Å². The zero-order valence-electron chi connectivity index (χ0n) is 10.5. The highest BCUT2D eigenvalue weighted by molar-refractivity contribution is 5.41. The lowest BCUT2D eigenvalue weighted by Gasteiger charge is -2.47. The van der Waals surface area contributed by atoms with E-state index in [0.29, 0.717) is 0 Å². The van der Waals surface area contributed by atoms with E-state index >= 15 is 0 Å². The van der Waals surface area contributed by atoms with Crippen LogP contribution in [0.15, 0.2) is 6.20 Å². The summed E-state index contributed by atoms with van der Waals surface area (Å²) in [5.74, 6) is 0. The summed E-state index contributed by atoms with van der Waals surface area (Å²) in [5.41, 5.74) is 0.603. The van der Waals surface area contributed by atoms with Gasteiger partial charge < -0.3 is 4.74 Å². The van der Waals surface area contributed by atoms with Crippen molar-refractivity contribution in [2.24, 2.45) is 7.05 Å². The summed E-state index contributed by atoms with van der Waals surface area (Å²) < 4.78 is 7.06. The number of hydrogen-bond acceptors (Lipinski definition) is 5. The van der Waals surface area contributed by atoms with Gasteiger partial charge in [-0.25, -0.2) is 0 Å². The van der Waals surface area contributed by atoms with Gasteiger partial charge in [0.1, 0.15) is 11.9 Å². The highest BCUT2D eigenvalue weighted by Gasteiger charge is 2.57. The van der Waals surface area contributed by atoms with Crippen molar-refractivity contribution in [1.29, 1.82) is 0 Å². The largest absolute Gasteiger partial charge is 0.380 e. The normalized spacial score (nSPS) is 31.1. The molecule has 3 heterocycles. The van der Waals surface area contributed by atoms with Crippen molar-refractivity contribution < 1.29 is 9.66 Å². The van der Waals surface area contributed by atoms with E-state index in [0.717, 1.165) is 31.6 Å². The van der Waals surface area contributed by atoms with Crippen LogP contribution in [-0.2, 0) is 17.3 Å². The number of aromatic nitrogens is 2. The fourth-order valence-corrected chi connectivity index (χ4v) is 3.35. The molecule has 1 aromatic heterocycles. The van der Waals surface area contributed by atoms with Crippen molar-refractivity contribution in [2.75, 3.05) is 20.2 Å². The molecule has 7 heteroatoms. The van der Waals surface area contributed by atoms with Crippen LogP contribution in [-0.4, -0.2) is 45.9 Å². The highest BCUT2D eigenvalue weighted by Crippen LogP contribution is 2.51. The molecular formula is C11H16N4O3. The predicted molar refractivity (Wildman–Crippen MR) is 63.1 cm³/mol. The first kappa shape index (κ1) is 11.6. The fourth-order valence-electron chi connectivity index (χ4n) is 3.35. The Balaban J connectivity index is 2.05. The molecule has 0 saturated carbocycles. The van der Waals surface area contributed by atoms with Crippen LogP contribution in [0.3, 0.4) is 0 Å². The standard InChI is InChI=1S/C11H16N4O3/c1-13-10(9(6-12-13)15(16)17)11-3-4-14(11)7-8(5-11)18-2/h6,8H,3-5,7H2,1-2H3. The smallest absolute Gasteiger partial charge is 0.312 e. The van der Waals surface area contributed by atoms with Gasteiger partial charge in [0.05, 0.1) is 16.6 Å². The number of aryl methyl sites for hydroxylation is 1. The lowest BCUT2D eigenvalue weighted by atomic mass is 9.81. The van der Waals surface area contributed by atoms with Gasteiger partial charge in [0.2, 0.25) is 0 Å². The molecule has 0 bridgehead atoms. The summed E-state index contributed by atoms with van der Waals surface area (Å²) in [4.78, 5) is 13.0. The first-order valence-electron chi connectivity index (χ1n) is 6.03. The second-order valence-corrected chi connectivity index (χ2v) is 5.05. The monoisotopic (exact) mass is 252 g/mol. The van der Waals surface area contributed by atoms with Gasteiger partial charge in [-0.3, -0.25) is 19.7 Å². The molecule has 0 spiro atoms. The van der Waals surface area contributed by atoms with E-state index in [1.54, 1.807) is 18.8 Å². The lowest BCUT2D eigenvalue weighted by Crippen LogP contribution is -2.54. The zero-order valence-corrected chi connectivity index (χ0v) is 10.5. The fraction of sp³-hybridized carbons (Fsp3) is 0.727. The maximum absolute atomic E-state index is 11.1. The first-order chi connectivity index (χ1) is 8.58. The molecule has 7 nitrogen and oxygen atoms in total. The Morgan fingerprint density at radius 2 is 2.44 bits per heavy atom. The van der Waals surface area contributed by atoms with Crippen molar-refractivity contribution in [3.8, 4) is 0 Å². The second kappa shape index (κ2) is 3.76. The van der Waals surface area contributed by atoms with Crippen molar-refractivity contribution >= 4 is 5.69 Å². The molecular weight excluding hydrogens is 236 g/mol. The van der Waals surface area contributed by atoms with Gasteiger partial charge in [-0.05, 0) is 12.8 Å². The molecule has 0 N–H and O–H groups in total. The summed E-state index contributed by atoms with van der Waals surface area (Å²) in [6, 6.07) is 0. The lowest BCUT2D eigenvalue weighted by molar-refractivity contribution is -0.386. The van der Waals surface area contributed by atoms with E-state index in [1.165, 1.54) is 6.20 Å². The number of nitro groups is 1. The minimum atomic E-state index is -0.340. The number of ether oxygens (including phenoxy) is 1. The van der Waals surface area contributed by atoms with Gasteiger partial charge in [0.25, 0.3) is 0 Å². The van der Waals surface area contributed by atoms with Gasteiger partial charge in [0, 0.05) is 27.2 Å². The maximum Gasteiger partial charge on any atom is 0.312 e. The maximum atomic E-state index is 11.1. The Morgan fingerprint density at radius 3 is 3.00 bits per heavy atom. The Labute approximate surface area is 104 Å². The van der Waals surface area contributed by atoms with Crippen molar-refractivity contribution in [1.82, 2.24) is 14.7 Å². The molecule has 2 fully saturated rings. The quantitative estimate of drug-likeness (QED) is 0.583. The Kier molecular flexibility index (Phi) is 2.43. The van der Waals surface area contributed by atoms with Crippen molar-refractivity contribution in [2.45, 2.75) is 24.5 Å². The third-order valence-corrected chi connectivity index (χ3v) is 4.28. The number of hydrogen-bond donors (Lipinski definition) is 0. The number of methoxy groups -OCH3 is 1. The molecule has 2 aliphatic rings. The molecule has 1 aromatic rings. The van der Waals surface area contributed by atoms with E-state index in [2.05, 4.69) is 10.00 Å². The summed E-state index contributed by atoms with van der Waals surface area (Å²) in [5, 5.41) is 15.2. The first-order valence-corrected chi connectivity index (χ1v) is 6.03. The molecule has 3 rings (SSSR count). The van der Waals surface area contributed by atoms with Crippen LogP contribution in [0.2, 0.25) is 0 Å². The van der Waals surface area contributed by atoms with Gasteiger partial charge in [0.15, 0.2) is 0 Å². The number of rotatable bonds is 3. The number of nitrogens with zero attached hydrogens (tertiary/aromatic N) is 4. The zero-order chi connectivity index (χ0) is 12.9. The van der Waals surface area contributed by atoms with Crippen LogP contribution in [0.5, 0.6) is 0 Å². The Hall–Kier alpha value is -1.47. The van der Waals surface area contributed by atoms with Crippen LogP contribution in [0, 0.1) is 10.1 Å². The average molecular weight is 252 g/mol. The summed E-state index contributed by atoms with van der Waals surface area (Å²) in [6.45, 7) is 1.82. The highest BCUT2D eigenvalue weighted by atomic mass is 16.6. The number of fused-ring (bicyclic) bond motifs is 1. The summed E-state index contributed by atoms with van der Waals surface area (Å²) >= 11 is 0. The molecule has 18 heavy (non-hydrogen) atoms. The van der Waals surface area contributed by atoms with E-state index in [9.17, 15) is 10.1 Å². The minimum absolute atomic E-state index is 0.124. The molecule has 0 radical (unpaired) electrons. The van der Waals surface area contributed by atoms with Crippen LogP contribution < -0.4 is 0 Å². The molecule has 0 aliphatic carbocycles. The molecule has 2 saturated heterocycles. The topological polar surface area (TPSA) is 73.4 Å². The molecule has 2 atom stereocenters. The molecule has 2 aliphatic heterocycles. The Bertz CT molecular complexity index is 500. The van der Waals surface area contributed by atoms with Crippen LogP contribution in [0.1, 0.15) is 18.5 Å².